The number of benzene rings is 4. The molecule has 1 aliphatic heterocycles. The first-order valence-electron chi connectivity index (χ1n) is 12.7. The zero-order valence-corrected chi connectivity index (χ0v) is 22.3. The van der Waals surface area contributed by atoms with Crippen molar-refractivity contribution < 1.29 is 9.66 Å². The number of hydrogen-bond donors (Lipinski definition) is 1. The molecule has 6 rings (SSSR count). The van der Waals surface area contributed by atoms with Crippen LogP contribution in [0.25, 0.3) is 21.0 Å². The second-order valence-corrected chi connectivity index (χ2v) is 11.8. The number of thioether (sulfide) groups is 1. The maximum absolute atomic E-state index is 11.0. The van der Waals surface area contributed by atoms with Crippen molar-refractivity contribution in [1.82, 2.24) is 10.3 Å². The predicted octanol–water partition coefficient (Wildman–Crippen LogP) is 7.31. The third kappa shape index (κ3) is 5.59. The Hall–Kier alpha value is -3.30. The summed E-state index contributed by atoms with van der Waals surface area (Å²) in [5, 5.41) is 17.0. The van der Waals surface area contributed by atoms with Crippen LogP contribution < -0.4 is 5.32 Å². The maximum Gasteiger partial charge on any atom is 0.270 e. The molecule has 0 spiro atoms. The second kappa shape index (κ2) is 11.2. The first-order chi connectivity index (χ1) is 18.6. The molecule has 38 heavy (non-hydrogen) atoms. The van der Waals surface area contributed by atoms with Crippen LogP contribution in [0.3, 0.4) is 0 Å². The Bertz CT molecular complexity index is 1590. The summed E-state index contributed by atoms with van der Waals surface area (Å²) < 4.78 is 8.22. The maximum atomic E-state index is 11.0. The average molecular weight is 542 g/mol. The monoisotopic (exact) mass is 541 g/mol. The molecule has 5 aromatic rings. The van der Waals surface area contributed by atoms with Crippen LogP contribution in [-0.2, 0) is 17.1 Å². The van der Waals surface area contributed by atoms with Crippen LogP contribution in [-0.4, -0.2) is 29.1 Å². The van der Waals surface area contributed by atoms with E-state index in [9.17, 15) is 10.1 Å². The van der Waals surface area contributed by atoms with Crippen molar-refractivity contribution in [2.24, 2.45) is 0 Å². The van der Waals surface area contributed by atoms with Gasteiger partial charge in [0.05, 0.1) is 27.9 Å². The molecule has 2 heterocycles. The van der Waals surface area contributed by atoms with E-state index in [1.165, 1.54) is 44.9 Å². The number of nitro groups is 1. The summed E-state index contributed by atoms with van der Waals surface area (Å²) in [6.07, 6.45) is 1.18. The zero-order valence-electron chi connectivity index (χ0n) is 20.7. The van der Waals surface area contributed by atoms with E-state index >= 15 is 0 Å². The van der Waals surface area contributed by atoms with E-state index in [1.807, 2.05) is 0 Å². The zero-order chi connectivity index (χ0) is 25.9. The molecule has 1 aliphatic rings. The van der Waals surface area contributed by atoms with Crippen LogP contribution >= 0.6 is 23.1 Å². The minimum Gasteiger partial charge on any atom is -0.372 e. The van der Waals surface area contributed by atoms with E-state index in [2.05, 4.69) is 77.0 Å². The van der Waals surface area contributed by atoms with E-state index in [0.717, 1.165) is 39.8 Å². The fourth-order valence-electron chi connectivity index (χ4n) is 4.99. The molecule has 0 radical (unpaired) electrons. The predicted molar refractivity (Wildman–Crippen MR) is 155 cm³/mol. The summed E-state index contributed by atoms with van der Waals surface area (Å²) in [5.74, 6) is 1.16. The number of rotatable bonds is 8. The summed E-state index contributed by atoms with van der Waals surface area (Å²) in [6.45, 7) is 2.45. The summed E-state index contributed by atoms with van der Waals surface area (Å²) in [4.78, 5) is 15.3. The highest BCUT2D eigenvalue weighted by Crippen LogP contribution is 2.34. The number of nitrogens with one attached hydrogen (secondary N) is 1. The van der Waals surface area contributed by atoms with Gasteiger partial charge in [-0.25, -0.2) is 4.98 Å². The standard InChI is InChI=1S/C30H27N3O3S2/c34-33(35)25-11-12-27-29(16-25)38-30(32-27)37-19-20-5-9-23(10-6-20)26-13-14-31-17-28(26)36-18-21-7-8-22-3-1-2-4-24(22)15-21/h1-12,15-16,26,28,31H,13-14,17-19H2. The number of nitro benzene ring substituents is 1. The van der Waals surface area contributed by atoms with Gasteiger partial charge < -0.3 is 10.1 Å². The van der Waals surface area contributed by atoms with Crippen LogP contribution in [0.1, 0.15) is 29.0 Å². The van der Waals surface area contributed by atoms with Crippen molar-refractivity contribution in [3.63, 3.8) is 0 Å². The summed E-state index contributed by atoms with van der Waals surface area (Å²) in [6, 6.07) is 28.7. The topological polar surface area (TPSA) is 77.3 Å². The highest BCUT2D eigenvalue weighted by molar-refractivity contribution is 8.00. The minimum atomic E-state index is -0.366. The molecular weight excluding hydrogens is 514 g/mol. The van der Waals surface area contributed by atoms with E-state index in [4.69, 9.17) is 4.74 Å². The lowest BCUT2D eigenvalue weighted by Crippen LogP contribution is -2.40. The fourth-order valence-corrected chi connectivity index (χ4v) is 7.05. The van der Waals surface area contributed by atoms with Crippen LogP contribution in [0.2, 0.25) is 0 Å². The summed E-state index contributed by atoms with van der Waals surface area (Å²) >= 11 is 3.17. The van der Waals surface area contributed by atoms with Gasteiger partial charge >= 0.3 is 0 Å². The number of aromatic nitrogens is 1. The number of non-ortho nitro benzene ring substituents is 1. The summed E-state index contributed by atoms with van der Waals surface area (Å²) in [5.41, 5.74) is 4.65. The first kappa shape index (κ1) is 25.0. The van der Waals surface area contributed by atoms with Gasteiger partial charge in [0, 0.05) is 30.3 Å². The van der Waals surface area contributed by atoms with Gasteiger partial charge in [0.25, 0.3) is 5.69 Å². The largest absolute Gasteiger partial charge is 0.372 e. The molecule has 0 saturated carbocycles. The third-order valence-corrected chi connectivity index (χ3v) is 9.27. The van der Waals surface area contributed by atoms with E-state index in [1.54, 1.807) is 23.9 Å². The van der Waals surface area contributed by atoms with Gasteiger partial charge in [-0.1, -0.05) is 72.4 Å². The van der Waals surface area contributed by atoms with Gasteiger partial charge in [-0.2, -0.15) is 0 Å². The molecule has 2 unspecified atom stereocenters. The number of nitrogens with zero attached hydrogens (tertiary/aromatic N) is 2. The molecule has 1 saturated heterocycles. The minimum absolute atomic E-state index is 0.103. The normalized spacial score (nSPS) is 17.7. The number of thiazole rings is 1. The highest BCUT2D eigenvalue weighted by Gasteiger charge is 2.27. The van der Waals surface area contributed by atoms with Gasteiger partial charge in [0.2, 0.25) is 0 Å². The lowest BCUT2D eigenvalue weighted by atomic mass is 9.87. The smallest absolute Gasteiger partial charge is 0.270 e. The molecule has 0 amide bonds. The van der Waals surface area contributed by atoms with Crippen molar-refractivity contribution >= 4 is 49.8 Å². The van der Waals surface area contributed by atoms with Gasteiger partial charge in [0.15, 0.2) is 4.34 Å². The Morgan fingerprint density at radius 2 is 1.82 bits per heavy atom. The number of ether oxygens (including phenoxy) is 1. The lowest BCUT2D eigenvalue weighted by molar-refractivity contribution is -0.384. The van der Waals surface area contributed by atoms with E-state index in [-0.39, 0.29) is 16.7 Å². The van der Waals surface area contributed by atoms with Gasteiger partial charge in [-0.05, 0) is 52.6 Å². The van der Waals surface area contributed by atoms with Gasteiger partial charge in [-0.15, -0.1) is 11.3 Å². The first-order valence-corrected chi connectivity index (χ1v) is 14.5. The quantitative estimate of drug-likeness (QED) is 0.126. The van der Waals surface area contributed by atoms with Crippen molar-refractivity contribution in [3.05, 3.63) is 112 Å². The molecular formula is C30H27N3O3S2. The molecule has 8 heteroatoms. The van der Waals surface area contributed by atoms with Crippen molar-refractivity contribution in [2.45, 2.75) is 35.1 Å². The Morgan fingerprint density at radius 1 is 1.00 bits per heavy atom. The Labute approximate surface area is 229 Å². The molecule has 0 bridgehead atoms. The SMILES string of the molecule is O=[N+]([O-])c1ccc2nc(SCc3ccc(C4CCNCC4OCc4ccc5ccccc5c4)cc3)sc2c1. The highest BCUT2D eigenvalue weighted by atomic mass is 32.2. The summed E-state index contributed by atoms with van der Waals surface area (Å²) in [7, 11) is 0. The molecule has 0 aliphatic carbocycles. The Morgan fingerprint density at radius 3 is 2.66 bits per heavy atom. The number of hydrogen-bond acceptors (Lipinski definition) is 7. The number of fused-ring (bicyclic) bond motifs is 2. The average Bonchev–Trinajstić information content (AvgIpc) is 3.38. The van der Waals surface area contributed by atoms with Crippen LogP contribution in [0.4, 0.5) is 5.69 Å². The molecule has 4 aromatic carbocycles. The number of piperidine rings is 1. The van der Waals surface area contributed by atoms with Crippen LogP contribution in [0, 0.1) is 10.1 Å². The molecule has 2 atom stereocenters. The van der Waals surface area contributed by atoms with Crippen molar-refractivity contribution in [2.75, 3.05) is 13.1 Å². The molecule has 6 nitrogen and oxygen atoms in total. The Kier molecular flexibility index (Phi) is 7.38. The third-order valence-electron chi connectivity index (χ3n) is 7.04. The molecule has 1 aromatic heterocycles. The van der Waals surface area contributed by atoms with Crippen LogP contribution in [0.5, 0.6) is 0 Å². The van der Waals surface area contributed by atoms with Gasteiger partial charge in [-0.3, -0.25) is 10.1 Å². The second-order valence-electron chi connectivity index (χ2n) is 9.55. The van der Waals surface area contributed by atoms with E-state index < -0.39 is 0 Å². The molecule has 1 N–H and O–H groups in total. The Balaban J connectivity index is 1.09. The van der Waals surface area contributed by atoms with Gasteiger partial charge in [0.1, 0.15) is 0 Å². The lowest BCUT2D eigenvalue weighted by Gasteiger charge is -2.32. The van der Waals surface area contributed by atoms with Crippen LogP contribution in [0.15, 0.2) is 89.3 Å². The van der Waals surface area contributed by atoms with Crippen molar-refractivity contribution in [1.29, 1.82) is 0 Å². The van der Waals surface area contributed by atoms with E-state index in [0.29, 0.717) is 12.5 Å². The molecule has 1 fully saturated rings. The van der Waals surface area contributed by atoms with Crippen molar-refractivity contribution in [3.8, 4) is 0 Å². The molecule has 192 valence electrons. The fraction of sp³-hybridized carbons (Fsp3) is 0.233.